The Kier molecular flexibility index (Phi) is 18.7. The molecule has 5 aliphatic heterocycles. The summed E-state index contributed by atoms with van der Waals surface area (Å²) < 4.78 is 38.0. The number of nitrogens with one attached hydrogen (secondary N) is 4. The SMILES string of the molecule is CC(=O)Nc1ccc2[nH]cc(C3CCN(CC(O)C4CCN(C(=O)OCc5ccccc5)CC4)CC3)c2c1.OC(CN1CCC(c2c[nH]c3ccc(N4CCOCC4)cc23)CC1)C1(O)CCN(C(=S)Nc2cc(F)cc(F)c2)CC1. The van der Waals surface area contributed by atoms with Crippen LogP contribution in [0.1, 0.15) is 86.8 Å². The van der Waals surface area contributed by atoms with E-state index in [0.717, 1.165) is 119 Å². The van der Waals surface area contributed by atoms with Gasteiger partial charge in [-0.3, -0.25) is 4.79 Å². The number of fused-ring (bicyclic) bond motifs is 2. The number of aliphatic hydroxyl groups is 3. The van der Waals surface area contributed by atoms with Gasteiger partial charge in [0.15, 0.2) is 5.11 Å². The second-order valence-corrected chi connectivity index (χ2v) is 22.9. The summed E-state index contributed by atoms with van der Waals surface area (Å²) in [5.74, 6) is -0.332. The van der Waals surface area contributed by atoms with E-state index in [9.17, 15) is 33.7 Å². The number of amides is 2. The molecule has 428 valence electrons. The first kappa shape index (κ1) is 57.1. The predicted octanol–water partition coefficient (Wildman–Crippen LogP) is 8.76. The van der Waals surface area contributed by atoms with Gasteiger partial charge in [-0.1, -0.05) is 30.3 Å². The summed E-state index contributed by atoms with van der Waals surface area (Å²) in [7, 11) is 0. The van der Waals surface area contributed by atoms with Crippen LogP contribution in [0.5, 0.6) is 0 Å². The maximum Gasteiger partial charge on any atom is 0.410 e. The lowest BCUT2D eigenvalue weighted by Crippen LogP contribution is -2.56. The lowest BCUT2D eigenvalue weighted by Gasteiger charge is -2.43. The number of carbonyl (C=O) groups is 2. The second kappa shape index (κ2) is 26.2. The first-order valence-corrected chi connectivity index (χ1v) is 29.0. The van der Waals surface area contributed by atoms with E-state index >= 15 is 0 Å². The normalized spacial score (nSPS) is 19.8. The van der Waals surface area contributed by atoms with Crippen molar-refractivity contribution < 1.29 is 43.2 Å². The number of aliphatic hydroxyl groups excluding tert-OH is 2. The number of piperidine rings is 4. The maximum absolute atomic E-state index is 13.5. The van der Waals surface area contributed by atoms with Gasteiger partial charge in [-0.2, -0.15) is 0 Å². The molecule has 2 atom stereocenters. The van der Waals surface area contributed by atoms with Crippen molar-refractivity contribution in [3.63, 3.8) is 0 Å². The number of likely N-dealkylation sites (tertiary alicyclic amines) is 4. The van der Waals surface area contributed by atoms with Crippen LogP contribution in [0.25, 0.3) is 21.8 Å². The van der Waals surface area contributed by atoms with Gasteiger partial charge >= 0.3 is 6.09 Å². The van der Waals surface area contributed by atoms with Crippen LogP contribution in [0.3, 0.4) is 0 Å². The largest absolute Gasteiger partial charge is 0.445 e. The minimum absolute atomic E-state index is 0.0676. The van der Waals surface area contributed by atoms with Crippen molar-refractivity contribution in [1.29, 1.82) is 0 Å². The summed E-state index contributed by atoms with van der Waals surface area (Å²) in [5, 5.41) is 41.9. The molecular formula is C61H77F2N9O7S. The highest BCUT2D eigenvalue weighted by atomic mass is 32.1. The monoisotopic (exact) mass is 1120 g/mol. The molecule has 16 nitrogen and oxygen atoms in total. The molecule has 2 unspecified atom stereocenters. The maximum atomic E-state index is 13.5. The molecule has 5 saturated heterocycles. The number of nitrogens with zero attached hydrogens (tertiary/aromatic N) is 5. The first-order valence-electron chi connectivity index (χ1n) is 28.6. The number of thiocarbonyl (C=S) groups is 1. The van der Waals surface area contributed by atoms with Crippen molar-refractivity contribution in [2.75, 3.05) is 107 Å². The Morgan fingerprint density at radius 1 is 0.700 bits per heavy atom. The zero-order valence-electron chi connectivity index (χ0n) is 45.8. The van der Waals surface area contributed by atoms with Gasteiger partial charge in [0, 0.05) is 117 Å². The number of carbonyl (C=O) groups excluding carboxylic acids is 2. The number of halogens is 2. The van der Waals surface area contributed by atoms with E-state index in [1.54, 1.807) is 4.90 Å². The third-order valence-corrected chi connectivity index (χ3v) is 17.6. The van der Waals surface area contributed by atoms with Crippen LogP contribution < -0.4 is 15.5 Å². The fraction of sp³-hybridized carbons (Fsp3) is 0.492. The number of benzene rings is 4. The van der Waals surface area contributed by atoms with E-state index in [2.05, 4.69) is 72.0 Å². The zero-order chi connectivity index (χ0) is 55.8. The molecule has 7 N–H and O–H groups in total. The predicted molar refractivity (Wildman–Crippen MR) is 312 cm³/mol. The number of anilines is 3. The van der Waals surface area contributed by atoms with Crippen LogP contribution in [-0.4, -0.2) is 172 Å². The molecule has 0 bridgehead atoms. The Balaban J connectivity index is 0.000000181. The lowest BCUT2D eigenvalue weighted by atomic mass is 9.84. The molecule has 0 spiro atoms. The molecule has 2 amide bonds. The number of aromatic nitrogens is 2. The van der Waals surface area contributed by atoms with Gasteiger partial charge < -0.3 is 69.9 Å². The molecule has 7 heterocycles. The van der Waals surface area contributed by atoms with E-state index in [1.807, 2.05) is 47.4 Å². The molecule has 4 aromatic carbocycles. The molecule has 6 aromatic rings. The van der Waals surface area contributed by atoms with Gasteiger partial charge in [-0.05, 0) is 173 Å². The minimum Gasteiger partial charge on any atom is -0.445 e. The summed E-state index contributed by atoms with van der Waals surface area (Å²) in [6, 6.07) is 25.6. The van der Waals surface area contributed by atoms with Crippen LogP contribution in [0, 0.1) is 17.6 Å². The first-order chi connectivity index (χ1) is 38.7. The number of aromatic amines is 2. The third-order valence-electron chi connectivity index (χ3n) is 17.2. The van der Waals surface area contributed by atoms with Crippen LogP contribution in [0.15, 0.2) is 97.3 Å². The number of hydrogen-bond donors (Lipinski definition) is 7. The zero-order valence-corrected chi connectivity index (χ0v) is 46.6. The van der Waals surface area contributed by atoms with Crippen LogP contribution in [-0.2, 0) is 20.9 Å². The van der Waals surface area contributed by atoms with Gasteiger partial charge in [0.25, 0.3) is 0 Å². The van der Waals surface area contributed by atoms with Crippen LogP contribution in [0.2, 0.25) is 0 Å². The molecule has 80 heavy (non-hydrogen) atoms. The number of ether oxygens (including phenoxy) is 2. The molecular weight excluding hydrogens is 1040 g/mol. The van der Waals surface area contributed by atoms with Gasteiger partial charge in [-0.25, -0.2) is 13.6 Å². The van der Waals surface area contributed by atoms with Crippen molar-refractivity contribution in [2.24, 2.45) is 5.92 Å². The Morgan fingerprint density at radius 3 is 1.90 bits per heavy atom. The summed E-state index contributed by atoms with van der Waals surface area (Å²) in [4.78, 5) is 41.4. The standard InChI is InChI=1S/C31H39F2N5O3S.C30H38N4O4/c32-22-15-23(33)17-24(16-22)35-30(42)38-9-5-31(40,6-10-38)29(39)20-36-7-3-21(4-8-36)27-19-34-28-2-1-25(18-26(27)28)37-11-13-41-14-12-37;1-21(35)32-25-7-8-28-26(17-25)27(18-31-28)23-9-13-33(14-10-23)19-29(36)24-11-15-34(16-12-24)30(37)38-20-22-5-3-2-4-6-22/h1-2,15-19,21,29,34,39-40H,3-14,20H2,(H,35,42);2-8,17-18,23-24,29,31,36H,9-16,19-20H2,1H3,(H,32,35). The highest BCUT2D eigenvalue weighted by Crippen LogP contribution is 2.38. The van der Waals surface area contributed by atoms with E-state index in [4.69, 9.17) is 21.7 Å². The van der Waals surface area contributed by atoms with Crippen LogP contribution in [0.4, 0.5) is 30.6 Å². The molecule has 5 aliphatic rings. The minimum atomic E-state index is -1.21. The second-order valence-electron chi connectivity index (χ2n) is 22.5. The van der Waals surface area contributed by atoms with Crippen molar-refractivity contribution in [3.8, 4) is 0 Å². The fourth-order valence-electron chi connectivity index (χ4n) is 12.5. The number of H-pyrrole nitrogens is 2. The highest BCUT2D eigenvalue weighted by molar-refractivity contribution is 7.80. The summed E-state index contributed by atoms with van der Waals surface area (Å²) in [6.45, 7) is 12.0. The van der Waals surface area contributed by atoms with Crippen molar-refractivity contribution in [3.05, 3.63) is 126 Å². The Bertz CT molecular complexity index is 3010. The Hall–Kier alpha value is -6.19. The molecule has 2 aromatic heterocycles. The van der Waals surface area contributed by atoms with Gasteiger partial charge in [0.2, 0.25) is 5.91 Å². The molecule has 0 saturated carbocycles. The number of morpholine rings is 1. The van der Waals surface area contributed by atoms with Gasteiger partial charge in [0.05, 0.1) is 31.0 Å². The average Bonchev–Trinajstić information content (AvgIpc) is 4.16. The summed E-state index contributed by atoms with van der Waals surface area (Å²) in [5.41, 5.74) is 6.99. The van der Waals surface area contributed by atoms with E-state index < -0.39 is 23.3 Å². The molecule has 0 aliphatic carbocycles. The van der Waals surface area contributed by atoms with Gasteiger partial charge in [0.1, 0.15) is 18.2 Å². The molecule has 11 rings (SSSR count). The van der Waals surface area contributed by atoms with E-state index in [0.29, 0.717) is 69.1 Å². The molecule has 19 heteroatoms. The van der Waals surface area contributed by atoms with E-state index in [-0.39, 0.29) is 36.3 Å². The van der Waals surface area contributed by atoms with Crippen molar-refractivity contribution in [2.45, 2.75) is 94.5 Å². The molecule has 0 radical (unpaired) electrons. The smallest absolute Gasteiger partial charge is 0.410 e. The number of rotatable bonds is 13. The average molecular weight is 1120 g/mol. The van der Waals surface area contributed by atoms with Crippen molar-refractivity contribution >= 4 is 68.2 Å². The number of β-amino-alcohol motifs (C(OH)–C–C–N with tert-alkyl or cyclic N) is 2. The fourth-order valence-corrected chi connectivity index (χ4v) is 12.8. The quantitative estimate of drug-likeness (QED) is 0.0546. The lowest BCUT2D eigenvalue weighted by molar-refractivity contribution is -0.114. The summed E-state index contributed by atoms with van der Waals surface area (Å²) in [6.07, 6.45) is 9.09. The number of hydrogen-bond acceptors (Lipinski definition) is 11. The van der Waals surface area contributed by atoms with E-state index in [1.165, 1.54) is 46.6 Å². The topological polar surface area (TPSA) is 185 Å². The Labute approximate surface area is 472 Å². The summed E-state index contributed by atoms with van der Waals surface area (Å²) >= 11 is 5.44. The van der Waals surface area contributed by atoms with Crippen LogP contribution >= 0.6 is 12.2 Å². The molecule has 5 fully saturated rings. The van der Waals surface area contributed by atoms with Crippen molar-refractivity contribution in [1.82, 2.24) is 29.6 Å². The van der Waals surface area contributed by atoms with Gasteiger partial charge in [-0.15, -0.1) is 0 Å². The Morgan fingerprint density at radius 2 is 1.29 bits per heavy atom. The third kappa shape index (κ3) is 14.3. The highest BCUT2D eigenvalue weighted by Gasteiger charge is 2.41.